The van der Waals surface area contributed by atoms with E-state index in [1.54, 1.807) is 0 Å². The van der Waals surface area contributed by atoms with Gasteiger partial charge in [-0.05, 0) is 77.0 Å². The topological polar surface area (TPSA) is 78.9 Å². The SMILES string of the molecule is CC\C=C/C=C\C=C/C=C\CCCCCC(=O)OCC(COC(=O)CC/C=C\C/C=C\CCCCCCCC)OC(=O)CCCCCCC\C=C/C=C\C=C/CC. The van der Waals surface area contributed by atoms with E-state index in [9.17, 15) is 14.4 Å². The molecule has 0 aliphatic carbocycles. The fourth-order valence-corrected chi connectivity index (χ4v) is 5.56. The summed E-state index contributed by atoms with van der Waals surface area (Å²) in [5.74, 6) is -1.07. The summed E-state index contributed by atoms with van der Waals surface area (Å²) in [4.78, 5) is 37.7. The molecular formula is C51H80O6. The molecule has 1 unspecified atom stereocenters. The Morgan fingerprint density at radius 3 is 1.33 bits per heavy atom. The largest absolute Gasteiger partial charge is 0.462 e. The van der Waals surface area contributed by atoms with Crippen LogP contribution in [0.3, 0.4) is 0 Å². The highest BCUT2D eigenvalue weighted by Crippen LogP contribution is 2.11. The molecule has 0 aromatic rings. The summed E-state index contributed by atoms with van der Waals surface area (Å²) in [6.45, 7) is 6.21. The van der Waals surface area contributed by atoms with Crippen molar-refractivity contribution in [3.8, 4) is 0 Å². The van der Waals surface area contributed by atoms with E-state index in [0.717, 1.165) is 89.9 Å². The first-order valence-electron chi connectivity index (χ1n) is 22.5. The Morgan fingerprint density at radius 2 is 0.789 bits per heavy atom. The van der Waals surface area contributed by atoms with Gasteiger partial charge in [-0.15, -0.1) is 0 Å². The van der Waals surface area contributed by atoms with Crippen molar-refractivity contribution in [2.24, 2.45) is 0 Å². The molecule has 0 fully saturated rings. The van der Waals surface area contributed by atoms with E-state index >= 15 is 0 Å². The minimum Gasteiger partial charge on any atom is -0.462 e. The standard InChI is InChI=1S/C51H80O6/c1-4-7-10-13-16-19-22-25-28-31-34-37-40-43-49(52)55-46-48(57-51(54)45-42-39-36-33-30-27-24-21-18-15-12-9-6-3)47-56-50(53)44-41-38-35-32-29-26-23-20-17-14-11-8-5-2/h7,9-10,12-13,15-16,18-19,21-22,24-26,28-29,35,38,48H,4-6,8,11,14,17,20,23,27,30-34,36-37,39-47H2,1-3H3/b10-7-,12-9-,16-13-,18-15-,22-19-,24-21-,28-25-,29-26-,38-35-. The Morgan fingerprint density at radius 1 is 0.386 bits per heavy atom. The molecule has 6 nitrogen and oxygen atoms in total. The number of rotatable bonds is 38. The van der Waals surface area contributed by atoms with Crippen molar-refractivity contribution < 1.29 is 28.6 Å². The average molecular weight is 789 g/mol. The average Bonchev–Trinajstić information content (AvgIpc) is 3.21. The molecule has 0 radical (unpaired) electrons. The molecule has 0 aliphatic rings. The first-order chi connectivity index (χ1) is 28.0. The molecule has 0 heterocycles. The molecule has 6 heteroatoms. The lowest BCUT2D eigenvalue weighted by molar-refractivity contribution is -0.166. The minimum absolute atomic E-state index is 0.127. The van der Waals surface area contributed by atoms with E-state index in [4.69, 9.17) is 14.2 Å². The second kappa shape index (κ2) is 44.8. The van der Waals surface area contributed by atoms with Gasteiger partial charge in [0.1, 0.15) is 13.2 Å². The number of ether oxygens (including phenoxy) is 3. The molecule has 0 amide bonds. The normalized spacial score (nSPS) is 13.1. The van der Waals surface area contributed by atoms with Crippen LogP contribution in [0.25, 0.3) is 0 Å². The monoisotopic (exact) mass is 789 g/mol. The summed E-state index contributed by atoms with van der Waals surface area (Å²) in [7, 11) is 0. The van der Waals surface area contributed by atoms with Gasteiger partial charge in [0, 0.05) is 19.3 Å². The predicted molar refractivity (Wildman–Crippen MR) is 242 cm³/mol. The number of hydrogen-bond donors (Lipinski definition) is 0. The van der Waals surface area contributed by atoms with E-state index in [1.165, 1.54) is 38.5 Å². The molecule has 0 saturated heterocycles. The summed E-state index contributed by atoms with van der Waals surface area (Å²) < 4.78 is 16.6. The second-order valence-electron chi connectivity index (χ2n) is 14.3. The molecule has 0 aliphatic heterocycles. The molecule has 0 bridgehead atoms. The van der Waals surface area contributed by atoms with Crippen LogP contribution in [0, 0.1) is 0 Å². The van der Waals surface area contributed by atoms with Crippen LogP contribution in [-0.2, 0) is 28.6 Å². The van der Waals surface area contributed by atoms with Crippen molar-refractivity contribution in [3.05, 3.63) is 109 Å². The zero-order valence-electron chi connectivity index (χ0n) is 36.3. The Balaban J connectivity index is 4.58. The Hall–Kier alpha value is -3.93. The number of hydrogen-bond acceptors (Lipinski definition) is 6. The molecule has 0 N–H and O–H groups in total. The Kier molecular flexibility index (Phi) is 41.7. The van der Waals surface area contributed by atoms with Gasteiger partial charge in [-0.25, -0.2) is 0 Å². The van der Waals surface area contributed by atoms with Crippen LogP contribution >= 0.6 is 0 Å². The van der Waals surface area contributed by atoms with Gasteiger partial charge in [0.2, 0.25) is 0 Å². The molecule has 1 atom stereocenters. The minimum atomic E-state index is -0.827. The molecule has 320 valence electrons. The van der Waals surface area contributed by atoms with Crippen molar-refractivity contribution in [2.75, 3.05) is 13.2 Å². The van der Waals surface area contributed by atoms with Crippen LogP contribution in [-0.4, -0.2) is 37.2 Å². The van der Waals surface area contributed by atoms with E-state index in [2.05, 4.69) is 81.5 Å². The van der Waals surface area contributed by atoms with Gasteiger partial charge in [0.15, 0.2) is 6.10 Å². The fourth-order valence-electron chi connectivity index (χ4n) is 5.56. The van der Waals surface area contributed by atoms with Gasteiger partial charge >= 0.3 is 17.9 Å². The summed E-state index contributed by atoms with van der Waals surface area (Å²) >= 11 is 0. The third-order valence-electron chi connectivity index (χ3n) is 8.91. The van der Waals surface area contributed by atoms with Crippen LogP contribution in [0.1, 0.15) is 175 Å². The van der Waals surface area contributed by atoms with Crippen molar-refractivity contribution in [2.45, 2.75) is 181 Å². The fraction of sp³-hybridized carbons (Fsp3) is 0.588. The lowest BCUT2D eigenvalue weighted by atomic mass is 10.1. The molecular weight excluding hydrogens is 709 g/mol. The van der Waals surface area contributed by atoms with Crippen LogP contribution in [0.4, 0.5) is 0 Å². The first-order valence-corrected chi connectivity index (χ1v) is 22.5. The van der Waals surface area contributed by atoms with Crippen molar-refractivity contribution in [1.29, 1.82) is 0 Å². The smallest absolute Gasteiger partial charge is 0.306 e. The number of unbranched alkanes of at least 4 members (excludes halogenated alkanes) is 14. The van der Waals surface area contributed by atoms with E-state index in [1.807, 2.05) is 48.6 Å². The van der Waals surface area contributed by atoms with E-state index < -0.39 is 6.10 Å². The van der Waals surface area contributed by atoms with Crippen molar-refractivity contribution in [3.63, 3.8) is 0 Å². The molecule has 0 aromatic carbocycles. The van der Waals surface area contributed by atoms with E-state index in [-0.39, 0.29) is 44.0 Å². The third-order valence-corrected chi connectivity index (χ3v) is 8.91. The maximum Gasteiger partial charge on any atom is 0.306 e. The van der Waals surface area contributed by atoms with Crippen LogP contribution < -0.4 is 0 Å². The van der Waals surface area contributed by atoms with Crippen LogP contribution in [0.2, 0.25) is 0 Å². The zero-order valence-corrected chi connectivity index (χ0v) is 36.3. The molecule has 0 rings (SSSR count). The van der Waals surface area contributed by atoms with E-state index in [0.29, 0.717) is 12.8 Å². The maximum absolute atomic E-state index is 12.7. The highest BCUT2D eigenvalue weighted by Gasteiger charge is 2.19. The summed E-state index contributed by atoms with van der Waals surface area (Å²) in [6.07, 6.45) is 59.4. The molecule has 0 saturated carbocycles. The quantitative estimate of drug-likeness (QED) is 0.0204. The lowest BCUT2D eigenvalue weighted by Crippen LogP contribution is -2.30. The van der Waals surface area contributed by atoms with Gasteiger partial charge in [-0.2, -0.15) is 0 Å². The second-order valence-corrected chi connectivity index (χ2v) is 14.3. The highest BCUT2D eigenvalue weighted by molar-refractivity contribution is 5.71. The summed E-state index contributed by atoms with van der Waals surface area (Å²) in [5.41, 5.74) is 0. The van der Waals surface area contributed by atoms with Gasteiger partial charge in [-0.3, -0.25) is 14.4 Å². The van der Waals surface area contributed by atoms with Crippen molar-refractivity contribution in [1.82, 2.24) is 0 Å². The number of allylic oxidation sites excluding steroid dienone is 18. The molecule has 0 spiro atoms. The Bertz CT molecular complexity index is 1230. The maximum atomic E-state index is 12.7. The van der Waals surface area contributed by atoms with Crippen molar-refractivity contribution >= 4 is 17.9 Å². The number of carbonyl (C=O) groups is 3. The third kappa shape index (κ3) is 43.0. The van der Waals surface area contributed by atoms with Gasteiger partial charge in [0.05, 0.1) is 0 Å². The zero-order chi connectivity index (χ0) is 41.5. The van der Waals surface area contributed by atoms with Gasteiger partial charge < -0.3 is 14.2 Å². The van der Waals surface area contributed by atoms with Crippen LogP contribution in [0.5, 0.6) is 0 Å². The van der Waals surface area contributed by atoms with Crippen LogP contribution in [0.15, 0.2) is 109 Å². The Labute approximate surface area is 349 Å². The van der Waals surface area contributed by atoms with Gasteiger partial charge in [-0.1, -0.05) is 188 Å². The molecule has 0 aromatic heterocycles. The highest BCUT2D eigenvalue weighted by atomic mass is 16.6. The lowest BCUT2D eigenvalue weighted by Gasteiger charge is -2.18. The number of esters is 3. The summed E-state index contributed by atoms with van der Waals surface area (Å²) in [6, 6.07) is 0. The molecule has 57 heavy (non-hydrogen) atoms. The van der Waals surface area contributed by atoms with Gasteiger partial charge in [0.25, 0.3) is 0 Å². The predicted octanol–water partition coefficient (Wildman–Crippen LogP) is 14.4. The first kappa shape index (κ1) is 53.1. The number of carbonyl (C=O) groups excluding carboxylic acids is 3. The summed E-state index contributed by atoms with van der Waals surface area (Å²) in [5, 5.41) is 0.